The predicted octanol–water partition coefficient (Wildman–Crippen LogP) is 3.49. The number of benzene rings is 2. The van der Waals surface area contributed by atoms with Crippen LogP contribution in [0, 0.1) is 10.1 Å². The average molecular weight is 388 g/mol. The minimum atomic E-state index is -0.609. The highest BCUT2D eigenvalue weighted by Crippen LogP contribution is 2.37. The number of rotatable bonds is 4. The molecule has 0 unspecified atom stereocenters. The van der Waals surface area contributed by atoms with Crippen molar-refractivity contribution in [2.75, 3.05) is 6.79 Å². The molecule has 0 atom stereocenters. The highest BCUT2D eigenvalue weighted by Gasteiger charge is 2.22. The molecule has 9 nitrogen and oxygen atoms in total. The summed E-state index contributed by atoms with van der Waals surface area (Å²) in [4.78, 5) is 22.8. The Morgan fingerprint density at radius 2 is 2.00 bits per heavy atom. The zero-order chi connectivity index (χ0) is 19.0. The van der Waals surface area contributed by atoms with Crippen LogP contribution >= 0.6 is 11.6 Å². The standard InChI is InChI=1S/C17H10ClN3O6/c18-11-1-2-13-9(3-11)4-16(27-13)17(22)20-19-7-10-5-14-15(26-8-25-14)6-12(10)21(23)24/h1-7H,8H2,(H,20,22)/b19-7-. The highest BCUT2D eigenvalue weighted by atomic mass is 35.5. The number of hydrazone groups is 1. The number of furan rings is 1. The Kier molecular flexibility index (Phi) is 4.13. The molecule has 1 aliphatic rings. The van der Waals surface area contributed by atoms with Gasteiger partial charge in [0.05, 0.1) is 22.8 Å². The van der Waals surface area contributed by atoms with E-state index in [1.807, 2.05) is 0 Å². The average Bonchev–Trinajstić information content (AvgIpc) is 3.26. The zero-order valence-electron chi connectivity index (χ0n) is 13.5. The number of nitrogens with one attached hydrogen (secondary N) is 1. The van der Waals surface area contributed by atoms with Crippen LogP contribution in [-0.4, -0.2) is 23.8 Å². The fourth-order valence-electron chi connectivity index (χ4n) is 2.55. The van der Waals surface area contributed by atoms with Crippen LogP contribution < -0.4 is 14.9 Å². The van der Waals surface area contributed by atoms with E-state index in [4.69, 9.17) is 25.5 Å². The van der Waals surface area contributed by atoms with Gasteiger partial charge in [0.15, 0.2) is 17.3 Å². The van der Waals surface area contributed by atoms with Crippen LogP contribution in [0.15, 0.2) is 45.9 Å². The number of carbonyl (C=O) groups is 1. The van der Waals surface area contributed by atoms with Crippen molar-refractivity contribution in [3.05, 3.63) is 62.9 Å². The molecule has 10 heteroatoms. The van der Waals surface area contributed by atoms with Gasteiger partial charge in [0.25, 0.3) is 5.69 Å². The van der Waals surface area contributed by atoms with Crippen LogP contribution in [0.5, 0.6) is 11.5 Å². The number of amides is 1. The monoisotopic (exact) mass is 387 g/mol. The first-order valence-corrected chi connectivity index (χ1v) is 7.99. The summed E-state index contributed by atoms with van der Waals surface area (Å²) in [5.74, 6) is 0.0675. The van der Waals surface area contributed by atoms with Gasteiger partial charge >= 0.3 is 5.91 Å². The van der Waals surface area contributed by atoms with Gasteiger partial charge in [0.1, 0.15) is 5.58 Å². The summed E-state index contributed by atoms with van der Waals surface area (Å²) in [6, 6.07) is 9.14. The van der Waals surface area contributed by atoms with Gasteiger partial charge in [-0.2, -0.15) is 5.10 Å². The van der Waals surface area contributed by atoms with Crippen molar-refractivity contribution in [1.82, 2.24) is 5.43 Å². The Morgan fingerprint density at radius 1 is 1.22 bits per heavy atom. The Bertz CT molecular complexity index is 1110. The van der Waals surface area contributed by atoms with Crippen molar-refractivity contribution in [3.8, 4) is 11.5 Å². The maximum absolute atomic E-state index is 12.2. The second-order valence-electron chi connectivity index (χ2n) is 5.51. The summed E-state index contributed by atoms with van der Waals surface area (Å²) >= 11 is 5.90. The normalized spacial score (nSPS) is 12.6. The van der Waals surface area contributed by atoms with E-state index in [0.29, 0.717) is 21.7 Å². The molecule has 0 saturated carbocycles. The minimum Gasteiger partial charge on any atom is -0.454 e. The van der Waals surface area contributed by atoms with Crippen LogP contribution in [-0.2, 0) is 0 Å². The lowest BCUT2D eigenvalue weighted by Crippen LogP contribution is -2.16. The van der Waals surface area contributed by atoms with Gasteiger partial charge in [-0.1, -0.05) is 11.6 Å². The molecule has 136 valence electrons. The molecule has 0 spiro atoms. The van der Waals surface area contributed by atoms with Gasteiger partial charge in [-0.05, 0) is 30.3 Å². The van der Waals surface area contributed by atoms with E-state index >= 15 is 0 Å². The molecular formula is C17H10ClN3O6. The topological polar surface area (TPSA) is 116 Å². The molecule has 0 radical (unpaired) electrons. The van der Waals surface area contributed by atoms with Crippen molar-refractivity contribution in [1.29, 1.82) is 0 Å². The van der Waals surface area contributed by atoms with E-state index in [1.165, 1.54) is 18.2 Å². The molecule has 0 aliphatic carbocycles. The number of fused-ring (bicyclic) bond motifs is 2. The Balaban J connectivity index is 1.54. The molecule has 1 aromatic heterocycles. The molecule has 0 fully saturated rings. The number of nitro benzene ring substituents is 1. The van der Waals surface area contributed by atoms with Crippen LogP contribution in [0.1, 0.15) is 16.1 Å². The number of hydrogen-bond acceptors (Lipinski definition) is 7. The number of nitrogens with zero attached hydrogens (tertiary/aromatic N) is 2. The van der Waals surface area contributed by atoms with Gasteiger partial charge in [0, 0.05) is 10.4 Å². The lowest BCUT2D eigenvalue weighted by Gasteiger charge is -2.00. The summed E-state index contributed by atoms with van der Waals surface area (Å²) in [5, 5.41) is 16.2. The van der Waals surface area contributed by atoms with Crippen molar-refractivity contribution < 1.29 is 23.6 Å². The number of nitro groups is 1. The molecule has 1 N–H and O–H groups in total. The number of hydrogen-bond donors (Lipinski definition) is 1. The van der Waals surface area contributed by atoms with E-state index in [9.17, 15) is 14.9 Å². The molecule has 2 heterocycles. The summed E-state index contributed by atoms with van der Waals surface area (Å²) < 4.78 is 15.7. The van der Waals surface area contributed by atoms with Gasteiger partial charge in [0.2, 0.25) is 6.79 Å². The van der Waals surface area contributed by atoms with E-state index < -0.39 is 10.8 Å². The predicted molar refractivity (Wildman–Crippen MR) is 95.5 cm³/mol. The maximum Gasteiger partial charge on any atom is 0.307 e. The first kappa shape index (κ1) is 16.9. The second-order valence-corrected chi connectivity index (χ2v) is 5.95. The zero-order valence-corrected chi connectivity index (χ0v) is 14.2. The van der Waals surface area contributed by atoms with Crippen LogP contribution in [0.2, 0.25) is 5.02 Å². The largest absolute Gasteiger partial charge is 0.454 e. The van der Waals surface area contributed by atoms with E-state index in [-0.39, 0.29) is 29.6 Å². The third kappa shape index (κ3) is 3.27. The minimum absolute atomic E-state index is 0.0140. The third-order valence-electron chi connectivity index (χ3n) is 3.79. The lowest BCUT2D eigenvalue weighted by molar-refractivity contribution is -0.385. The van der Waals surface area contributed by atoms with E-state index in [0.717, 1.165) is 6.21 Å². The third-order valence-corrected chi connectivity index (χ3v) is 4.03. The maximum atomic E-state index is 12.2. The van der Waals surface area contributed by atoms with Crippen molar-refractivity contribution in [2.24, 2.45) is 5.10 Å². The highest BCUT2D eigenvalue weighted by molar-refractivity contribution is 6.31. The fourth-order valence-corrected chi connectivity index (χ4v) is 2.73. The molecule has 1 amide bonds. The van der Waals surface area contributed by atoms with Gasteiger partial charge in [-0.15, -0.1) is 0 Å². The molecular weight excluding hydrogens is 378 g/mol. The summed E-state index contributed by atoms with van der Waals surface area (Å²) in [7, 11) is 0. The summed E-state index contributed by atoms with van der Waals surface area (Å²) in [6.45, 7) is -0.0140. The van der Waals surface area contributed by atoms with E-state index in [2.05, 4.69) is 10.5 Å². The van der Waals surface area contributed by atoms with Gasteiger partial charge in [-0.25, -0.2) is 5.43 Å². The molecule has 0 bridgehead atoms. The first-order valence-electron chi connectivity index (χ1n) is 7.62. The molecule has 27 heavy (non-hydrogen) atoms. The molecule has 2 aromatic carbocycles. The Hall–Kier alpha value is -3.59. The fraction of sp³-hybridized carbons (Fsp3) is 0.0588. The van der Waals surface area contributed by atoms with Crippen LogP contribution in [0.25, 0.3) is 11.0 Å². The molecule has 1 aliphatic heterocycles. The number of carbonyl (C=O) groups excluding carboxylic acids is 1. The first-order chi connectivity index (χ1) is 13.0. The molecule has 4 rings (SSSR count). The van der Waals surface area contributed by atoms with Crippen molar-refractivity contribution in [3.63, 3.8) is 0 Å². The summed E-state index contributed by atoms with van der Waals surface area (Å²) in [6.07, 6.45) is 1.15. The van der Waals surface area contributed by atoms with Crippen molar-refractivity contribution in [2.45, 2.75) is 0 Å². The van der Waals surface area contributed by atoms with E-state index in [1.54, 1.807) is 18.2 Å². The second kappa shape index (κ2) is 6.61. The van der Waals surface area contributed by atoms with Gasteiger partial charge < -0.3 is 13.9 Å². The number of ether oxygens (including phenoxy) is 2. The lowest BCUT2D eigenvalue weighted by atomic mass is 10.1. The Morgan fingerprint density at radius 3 is 2.78 bits per heavy atom. The van der Waals surface area contributed by atoms with Crippen LogP contribution in [0.4, 0.5) is 5.69 Å². The van der Waals surface area contributed by atoms with Crippen molar-refractivity contribution >= 4 is 40.4 Å². The Labute approximate surface area is 156 Å². The molecule has 0 saturated heterocycles. The number of halogens is 1. The van der Waals surface area contributed by atoms with Gasteiger partial charge in [-0.3, -0.25) is 14.9 Å². The quantitative estimate of drug-likeness (QED) is 0.416. The van der Waals surface area contributed by atoms with Crippen LogP contribution in [0.3, 0.4) is 0 Å². The molecule has 3 aromatic rings. The smallest absolute Gasteiger partial charge is 0.307 e. The SMILES string of the molecule is O=C(N/N=C\c1cc2c(cc1[N+](=O)[O-])OCO2)c1cc2cc(Cl)ccc2o1. The summed E-state index contributed by atoms with van der Waals surface area (Å²) in [5.41, 5.74) is 2.69.